The number of rotatable bonds is 11. The number of carbonyl (C=O) groups excluding carboxylic acids is 2. The molecule has 0 aliphatic rings. The topological polar surface area (TPSA) is 76.7 Å². The average Bonchev–Trinajstić information content (AvgIpc) is 2.76. The predicted molar refractivity (Wildman–Crippen MR) is 118 cm³/mol. The molecule has 0 atom stereocenters. The summed E-state index contributed by atoms with van der Waals surface area (Å²) in [5, 5.41) is 0. The van der Waals surface area contributed by atoms with Crippen LogP contribution in [0.15, 0.2) is 48.5 Å². The third-order valence-corrected chi connectivity index (χ3v) is 4.60. The van der Waals surface area contributed by atoms with Crippen LogP contribution in [0.2, 0.25) is 0 Å². The van der Waals surface area contributed by atoms with Gasteiger partial charge >= 0.3 is 0 Å². The van der Waals surface area contributed by atoms with Crippen LogP contribution in [0.3, 0.4) is 0 Å². The molecule has 6 heteroatoms. The van der Waals surface area contributed by atoms with Crippen molar-refractivity contribution in [2.75, 3.05) is 13.2 Å². The number of carbonyl (C=O) groups is 2. The maximum Gasteiger partial charge on any atom is 0.276 e. The first-order chi connectivity index (χ1) is 14.5. The molecule has 0 unspecified atom stereocenters. The van der Waals surface area contributed by atoms with Crippen LogP contribution in [0, 0.1) is 0 Å². The van der Waals surface area contributed by atoms with E-state index in [1.807, 2.05) is 24.3 Å². The second-order valence-electron chi connectivity index (χ2n) is 7.42. The van der Waals surface area contributed by atoms with Crippen LogP contribution in [-0.2, 0) is 4.79 Å². The molecule has 0 radical (unpaired) electrons. The van der Waals surface area contributed by atoms with Gasteiger partial charge in [-0.15, -0.1) is 0 Å². The van der Waals surface area contributed by atoms with Crippen LogP contribution >= 0.6 is 0 Å². The molecule has 0 fully saturated rings. The van der Waals surface area contributed by atoms with Gasteiger partial charge in [-0.2, -0.15) is 0 Å². The van der Waals surface area contributed by atoms with Gasteiger partial charge in [0.05, 0.1) is 6.61 Å². The lowest BCUT2D eigenvalue weighted by Gasteiger charge is -2.14. The molecule has 162 valence electrons. The summed E-state index contributed by atoms with van der Waals surface area (Å²) < 4.78 is 11.3. The molecule has 0 bridgehead atoms. The Labute approximate surface area is 178 Å². The fourth-order valence-electron chi connectivity index (χ4n) is 2.89. The Morgan fingerprint density at radius 3 is 2.33 bits per heavy atom. The number of hydrogen-bond donors (Lipinski definition) is 2. The molecule has 0 aliphatic carbocycles. The highest BCUT2D eigenvalue weighted by molar-refractivity contribution is 5.95. The molecule has 2 rings (SSSR count). The van der Waals surface area contributed by atoms with Gasteiger partial charge in [-0.25, -0.2) is 0 Å². The number of benzene rings is 2. The van der Waals surface area contributed by atoms with Crippen molar-refractivity contribution < 1.29 is 19.1 Å². The largest absolute Gasteiger partial charge is 0.494 e. The SMILES string of the molecule is CCCCCCOc1ccc(C(=O)NNC(=O)COc2ccccc2C(C)C)cc1. The molecular weight excluding hydrogens is 380 g/mol. The van der Waals surface area contributed by atoms with E-state index in [0.717, 1.165) is 24.2 Å². The van der Waals surface area contributed by atoms with E-state index in [2.05, 4.69) is 31.6 Å². The summed E-state index contributed by atoms with van der Waals surface area (Å²) >= 11 is 0. The zero-order valence-corrected chi connectivity index (χ0v) is 18.1. The molecule has 2 N–H and O–H groups in total. The van der Waals surface area contributed by atoms with Gasteiger partial charge in [-0.05, 0) is 48.2 Å². The molecule has 0 heterocycles. The fourth-order valence-corrected chi connectivity index (χ4v) is 2.89. The summed E-state index contributed by atoms with van der Waals surface area (Å²) in [7, 11) is 0. The molecule has 0 saturated carbocycles. The van der Waals surface area contributed by atoms with Crippen LogP contribution < -0.4 is 20.3 Å². The Morgan fingerprint density at radius 1 is 0.900 bits per heavy atom. The van der Waals surface area contributed by atoms with E-state index in [1.165, 1.54) is 12.8 Å². The van der Waals surface area contributed by atoms with Crippen molar-refractivity contribution in [1.29, 1.82) is 0 Å². The van der Waals surface area contributed by atoms with Crippen LogP contribution in [0.25, 0.3) is 0 Å². The first-order valence-corrected chi connectivity index (χ1v) is 10.5. The summed E-state index contributed by atoms with van der Waals surface area (Å²) in [4.78, 5) is 24.2. The Bertz CT molecular complexity index is 803. The van der Waals surface area contributed by atoms with E-state index in [9.17, 15) is 9.59 Å². The lowest BCUT2D eigenvalue weighted by Crippen LogP contribution is -2.43. The lowest BCUT2D eigenvalue weighted by atomic mass is 10.0. The highest BCUT2D eigenvalue weighted by Crippen LogP contribution is 2.25. The minimum Gasteiger partial charge on any atom is -0.494 e. The van der Waals surface area contributed by atoms with Gasteiger partial charge in [0, 0.05) is 5.56 Å². The van der Waals surface area contributed by atoms with Crippen molar-refractivity contribution in [3.05, 3.63) is 59.7 Å². The van der Waals surface area contributed by atoms with Crippen LogP contribution in [-0.4, -0.2) is 25.0 Å². The maximum absolute atomic E-state index is 12.2. The monoisotopic (exact) mass is 412 g/mol. The summed E-state index contributed by atoms with van der Waals surface area (Å²) in [5.41, 5.74) is 6.23. The summed E-state index contributed by atoms with van der Waals surface area (Å²) in [6.45, 7) is 6.78. The Kier molecular flexibility index (Phi) is 9.71. The van der Waals surface area contributed by atoms with E-state index in [4.69, 9.17) is 9.47 Å². The number of ether oxygens (including phenoxy) is 2. The Balaban J connectivity index is 1.74. The number of hydrogen-bond acceptors (Lipinski definition) is 4. The average molecular weight is 413 g/mol. The smallest absolute Gasteiger partial charge is 0.276 e. The first kappa shape index (κ1) is 23.3. The molecular formula is C24H32N2O4. The van der Waals surface area contributed by atoms with Gasteiger partial charge in [0.2, 0.25) is 0 Å². The molecule has 6 nitrogen and oxygen atoms in total. The van der Waals surface area contributed by atoms with Gasteiger partial charge in [-0.3, -0.25) is 20.4 Å². The van der Waals surface area contributed by atoms with Gasteiger partial charge in [0.15, 0.2) is 6.61 Å². The third-order valence-electron chi connectivity index (χ3n) is 4.60. The lowest BCUT2D eigenvalue weighted by molar-refractivity contribution is -0.123. The van der Waals surface area contributed by atoms with E-state index in [-0.39, 0.29) is 12.5 Å². The second kappa shape index (κ2) is 12.5. The van der Waals surface area contributed by atoms with E-state index < -0.39 is 11.8 Å². The molecule has 2 amide bonds. The van der Waals surface area contributed by atoms with Crippen molar-refractivity contribution in [1.82, 2.24) is 10.9 Å². The molecule has 2 aromatic rings. The quantitative estimate of drug-likeness (QED) is 0.417. The zero-order valence-electron chi connectivity index (χ0n) is 18.1. The number of para-hydroxylation sites is 1. The summed E-state index contributed by atoms with van der Waals surface area (Å²) in [5.74, 6) is 0.838. The molecule has 0 aromatic heterocycles. The zero-order chi connectivity index (χ0) is 21.8. The standard InChI is InChI=1S/C24H32N2O4/c1-4-5-6-9-16-29-20-14-12-19(13-15-20)24(28)26-25-23(27)17-30-22-11-8-7-10-21(22)18(2)3/h7-8,10-15,18H,4-6,9,16-17H2,1-3H3,(H,25,27)(H,26,28). The number of nitrogens with one attached hydrogen (secondary N) is 2. The Hall–Kier alpha value is -3.02. The number of amides is 2. The first-order valence-electron chi connectivity index (χ1n) is 10.5. The van der Waals surface area contributed by atoms with Crippen LogP contribution in [0.4, 0.5) is 0 Å². The Morgan fingerprint density at radius 2 is 1.63 bits per heavy atom. The van der Waals surface area contributed by atoms with E-state index in [1.54, 1.807) is 24.3 Å². The molecule has 0 spiro atoms. The fraction of sp³-hybridized carbons (Fsp3) is 0.417. The summed E-state index contributed by atoms with van der Waals surface area (Å²) in [6, 6.07) is 14.4. The van der Waals surface area contributed by atoms with Gasteiger partial charge in [0.25, 0.3) is 11.8 Å². The molecule has 0 aliphatic heterocycles. The van der Waals surface area contributed by atoms with Gasteiger partial charge in [0.1, 0.15) is 11.5 Å². The van der Waals surface area contributed by atoms with E-state index >= 15 is 0 Å². The molecule has 0 saturated heterocycles. The normalized spacial score (nSPS) is 10.5. The number of unbranched alkanes of at least 4 members (excludes halogenated alkanes) is 3. The number of hydrazine groups is 1. The van der Waals surface area contributed by atoms with Crippen molar-refractivity contribution in [2.24, 2.45) is 0 Å². The van der Waals surface area contributed by atoms with Crippen molar-refractivity contribution in [2.45, 2.75) is 52.4 Å². The van der Waals surface area contributed by atoms with Crippen molar-refractivity contribution in [3.8, 4) is 11.5 Å². The minimum atomic E-state index is -0.436. The minimum absolute atomic E-state index is 0.186. The van der Waals surface area contributed by atoms with Crippen molar-refractivity contribution in [3.63, 3.8) is 0 Å². The maximum atomic E-state index is 12.2. The predicted octanol–water partition coefficient (Wildman–Crippen LogP) is 4.61. The molecule has 30 heavy (non-hydrogen) atoms. The van der Waals surface area contributed by atoms with Crippen LogP contribution in [0.5, 0.6) is 11.5 Å². The highest BCUT2D eigenvalue weighted by atomic mass is 16.5. The summed E-state index contributed by atoms with van der Waals surface area (Å²) in [6.07, 6.45) is 4.58. The van der Waals surface area contributed by atoms with E-state index in [0.29, 0.717) is 17.9 Å². The highest BCUT2D eigenvalue weighted by Gasteiger charge is 2.11. The molecule has 2 aromatic carbocycles. The third kappa shape index (κ3) is 7.78. The van der Waals surface area contributed by atoms with Gasteiger partial charge in [-0.1, -0.05) is 58.2 Å². The van der Waals surface area contributed by atoms with Crippen molar-refractivity contribution >= 4 is 11.8 Å². The van der Waals surface area contributed by atoms with Gasteiger partial charge < -0.3 is 9.47 Å². The second-order valence-corrected chi connectivity index (χ2v) is 7.42. The van der Waals surface area contributed by atoms with Crippen LogP contribution in [0.1, 0.15) is 68.3 Å².